The molecule has 19 heteroatoms. The van der Waals surface area contributed by atoms with Crippen LogP contribution in [0, 0.1) is 11.8 Å². The number of aliphatic carboxylic acids is 1. The molecule has 0 amide bonds. The number of rotatable bonds is 11. The van der Waals surface area contributed by atoms with Crippen LogP contribution < -0.4 is 0 Å². The summed E-state index contributed by atoms with van der Waals surface area (Å²) in [4.78, 5) is 10.6. The molecule has 0 saturated heterocycles. The fraction of sp³-hybridized carbons (Fsp3) is 0.933. The Morgan fingerprint density at radius 3 is 1.53 bits per heavy atom. The lowest BCUT2D eigenvalue weighted by molar-refractivity contribution is -0.353. The average molecular weight is 555 g/mol. The van der Waals surface area contributed by atoms with Crippen molar-refractivity contribution in [1.82, 2.24) is 4.31 Å². The van der Waals surface area contributed by atoms with Crippen LogP contribution in [-0.2, 0) is 14.8 Å². The number of alkyl halides is 13. The van der Waals surface area contributed by atoms with Gasteiger partial charge in [0, 0.05) is 13.0 Å². The summed E-state index contributed by atoms with van der Waals surface area (Å²) in [7, 11) is -4.84. The monoisotopic (exact) mass is 555 g/mol. The summed E-state index contributed by atoms with van der Waals surface area (Å²) in [5, 5.41) is 8.60. The lowest BCUT2D eigenvalue weighted by Gasteiger charge is -2.35. The quantitative estimate of drug-likeness (QED) is 0.361. The van der Waals surface area contributed by atoms with E-state index in [1.54, 1.807) is 0 Å². The first-order valence-corrected chi connectivity index (χ1v) is 10.6. The van der Waals surface area contributed by atoms with Crippen LogP contribution in [0.3, 0.4) is 0 Å². The summed E-state index contributed by atoms with van der Waals surface area (Å²) in [6, 6.07) is 0. The van der Waals surface area contributed by atoms with E-state index >= 15 is 0 Å². The summed E-state index contributed by atoms with van der Waals surface area (Å²) in [6.45, 7) is -0.753. The van der Waals surface area contributed by atoms with Crippen LogP contribution in [0.2, 0.25) is 0 Å². The van der Waals surface area contributed by atoms with Crippen LogP contribution in [0.5, 0.6) is 0 Å². The van der Waals surface area contributed by atoms with Gasteiger partial charge in [-0.05, 0) is 12.8 Å². The van der Waals surface area contributed by atoms with E-state index < -0.39 is 96.3 Å². The Bertz CT molecular complexity index is 772. The number of carboxylic acids is 1. The predicted molar refractivity (Wildman–Crippen MR) is 87.6 cm³/mol. The minimum absolute atomic E-state index is 0.143. The highest BCUT2D eigenvalue weighted by Crippen LogP contribution is 2.53. The first kappa shape index (κ1) is 32.5. The standard InChI is InChI=1S/C15H18F13NO4S/c1-2-29(7-10(30)31)34(32,33)4-3-8(12(17,18)19)5-9(13(20,21)22)6-11(16,14(23,24)25)15(26,27)28/h8-9H,2-7H2,1H3,(H,30,31). The third-order valence-corrected chi connectivity index (χ3v) is 6.63. The molecule has 0 fully saturated rings. The van der Waals surface area contributed by atoms with E-state index in [0.717, 1.165) is 6.92 Å². The Balaban J connectivity index is 6.07. The van der Waals surface area contributed by atoms with E-state index in [4.69, 9.17) is 5.11 Å². The molecule has 2 unspecified atom stereocenters. The molecule has 0 aliphatic heterocycles. The molecule has 0 aromatic rings. The van der Waals surface area contributed by atoms with Gasteiger partial charge in [-0.25, -0.2) is 12.8 Å². The molecule has 0 aromatic heterocycles. The number of likely N-dealkylation sites (N-methyl/N-ethyl adjacent to an activating group) is 1. The molecular weight excluding hydrogens is 537 g/mol. The molecule has 0 saturated carbocycles. The number of hydrogen-bond acceptors (Lipinski definition) is 3. The summed E-state index contributed by atoms with van der Waals surface area (Å²) < 4.78 is 193. The van der Waals surface area contributed by atoms with Gasteiger partial charge in [-0.1, -0.05) is 6.92 Å². The lowest BCUT2D eigenvalue weighted by atomic mass is 9.83. The summed E-state index contributed by atoms with van der Waals surface area (Å²) in [5.41, 5.74) is -6.50. The molecular formula is C15H18F13NO4S. The topological polar surface area (TPSA) is 74.7 Å². The number of carboxylic acid groups (broad SMARTS) is 1. The van der Waals surface area contributed by atoms with Gasteiger partial charge in [0.15, 0.2) is 0 Å². The van der Waals surface area contributed by atoms with Crippen molar-refractivity contribution in [3.63, 3.8) is 0 Å². The van der Waals surface area contributed by atoms with E-state index in [2.05, 4.69) is 0 Å². The van der Waals surface area contributed by atoms with Gasteiger partial charge in [-0.2, -0.15) is 57.0 Å². The molecule has 2 atom stereocenters. The predicted octanol–water partition coefficient (Wildman–Crippen LogP) is 5.08. The van der Waals surface area contributed by atoms with Crippen molar-refractivity contribution in [3.8, 4) is 0 Å². The Morgan fingerprint density at radius 1 is 0.824 bits per heavy atom. The molecule has 0 bridgehead atoms. The van der Waals surface area contributed by atoms with E-state index in [-0.39, 0.29) is 4.31 Å². The van der Waals surface area contributed by atoms with Gasteiger partial charge >= 0.3 is 30.7 Å². The van der Waals surface area contributed by atoms with E-state index in [1.807, 2.05) is 0 Å². The smallest absolute Gasteiger partial charge is 0.431 e. The molecule has 204 valence electrons. The summed E-state index contributed by atoms with van der Waals surface area (Å²) in [6.07, 6.45) is -33.6. The molecule has 0 spiro atoms. The van der Waals surface area contributed by atoms with Crippen LogP contribution in [0.25, 0.3) is 0 Å². The summed E-state index contributed by atoms with van der Waals surface area (Å²) >= 11 is 0. The maximum absolute atomic E-state index is 13.8. The second-order valence-electron chi connectivity index (χ2n) is 7.14. The van der Waals surface area contributed by atoms with Gasteiger partial charge in [0.05, 0.1) is 17.6 Å². The number of carbonyl (C=O) groups is 1. The van der Waals surface area contributed by atoms with Crippen LogP contribution >= 0.6 is 0 Å². The van der Waals surface area contributed by atoms with Crippen LogP contribution in [0.4, 0.5) is 57.1 Å². The minimum Gasteiger partial charge on any atom is -0.480 e. The molecule has 0 aliphatic rings. The van der Waals surface area contributed by atoms with Gasteiger partial charge in [-0.15, -0.1) is 0 Å². The minimum atomic E-state index is -6.95. The van der Waals surface area contributed by atoms with Gasteiger partial charge in [0.2, 0.25) is 10.0 Å². The fourth-order valence-corrected chi connectivity index (χ4v) is 4.34. The molecule has 0 heterocycles. The van der Waals surface area contributed by atoms with Crippen molar-refractivity contribution in [2.24, 2.45) is 11.8 Å². The highest BCUT2D eigenvalue weighted by atomic mass is 32.2. The molecule has 0 radical (unpaired) electrons. The van der Waals surface area contributed by atoms with Crippen LogP contribution in [0.1, 0.15) is 26.2 Å². The first-order chi connectivity index (χ1) is 14.8. The van der Waals surface area contributed by atoms with Crippen molar-refractivity contribution in [1.29, 1.82) is 0 Å². The largest absolute Gasteiger partial charge is 0.480 e. The Labute approximate surface area is 183 Å². The fourth-order valence-electron chi connectivity index (χ4n) is 2.80. The van der Waals surface area contributed by atoms with E-state index in [9.17, 15) is 70.3 Å². The van der Waals surface area contributed by atoms with Crippen molar-refractivity contribution < 1.29 is 75.4 Å². The zero-order chi connectivity index (χ0) is 27.6. The van der Waals surface area contributed by atoms with Crippen molar-refractivity contribution in [2.75, 3.05) is 18.8 Å². The van der Waals surface area contributed by atoms with Gasteiger partial charge < -0.3 is 5.11 Å². The number of sulfonamides is 1. The van der Waals surface area contributed by atoms with Crippen LogP contribution in [-0.4, -0.2) is 73.0 Å². The second-order valence-corrected chi connectivity index (χ2v) is 9.23. The highest BCUT2D eigenvalue weighted by molar-refractivity contribution is 7.89. The van der Waals surface area contributed by atoms with Crippen LogP contribution in [0.15, 0.2) is 0 Å². The van der Waals surface area contributed by atoms with Crippen molar-refractivity contribution in [3.05, 3.63) is 0 Å². The maximum atomic E-state index is 13.8. The van der Waals surface area contributed by atoms with Gasteiger partial charge in [0.25, 0.3) is 5.67 Å². The number of halogens is 13. The average Bonchev–Trinajstić information content (AvgIpc) is 2.57. The third kappa shape index (κ3) is 8.60. The molecule has 1 N–H and O–H groups in total. The second kappa shape index (κ2) is 10.6. The normalized spacial score (nSPS) is 16.6. The SMILES string of the molecule is CCN(CC(=O)O)S(=O)(=O)CCC(CC(CC(F)(C(F)(F)F)C(F)(F)F)C(F)(F)F)C(F)(F)F. The molecule has 0 aromatic carbocycles. The highest BCUT2D eigenvalue weighted by Gasteiger charge is 2.74. The first-order valence-electron chi connectivity index (χ1n) is 8.95. The number of hydrogen-bond donors (Lipinski definition) is 1. The molecule has 5 nitrogen and oxygen atoms in total. The number of nitrogens with zero attached hydrogens (tertiary/aromatic N) is 1. The van der Waals surface area contributed by atoms with E-state index in [1.165, 1.54) is 0 Å². The van der Waals surface area contributed by atoms with E-state index in [0.29, 0.717) is 0 Å². The van der Waals surface area contributed by atoms with Gasteiger partial charge in [-0.3, -0.25) is 4.79 Å². The Kier molecular flexibility index (Phi) is 10.1. The van der Waals surface area contributed by atoms with Gasteiger partial charge in [0.1, 0.15) is 6.54 Å². The lowest BCUT2D eigenvalue weighted by Crippen LogP contribution is -2.55. The Morgan fingerprint density at radius 2 is 1.24 bits per heavy atom. The van der Waals surface area contributed by atoms with Crippen molar-refractivity contribution in [2.45, 2.75) is 56.6 Å². The molecule has 34 heavy (non-hydrogen) atoms. The summed E-state index contributed by atoms with van der Waals surface area (Å²) in [5.74, 6) is -10.9. The zero-order valence-electron chi connectivity index (χ0n) is 16.8. The zero-order valence-corrected chi connectivity index (χ0v) is 17.7. The molecule has 0 rings (SSSR count). The maximum Gasteiger partial charge on any atom is 0.431 e. The molecule has 0 aliphatic carbocycles. The Hall–Kier alpha value is -1.53. The van der Waals surface area contributed by atoms with Crippen molar-refractivity contribution >= 4 is 16.0 Å². The third-order valence-electron chi connectivity index (χ3n) is 4.70.